The van der Waals surface area contributed by atoms with Crippen LogP contribution in [0.3, 0.4) is 0 Å². The highest BCUT2D eigenvalue weighted by Gasteiger charge is 2.17. The summed E-state index contributed by atoms with van der Waals surface area (Å²) in [4.78, 5) is 0. The number of nitrogens with one attached hydrogen (secondary N) is 1. The van der Waals surface area contributed by atoms with E-state index in [0.29, 0.717) is 6.10 Å². The Labute approximate surface area is 87.4 Å². The van der Waals surface area contributed by atoms with Crippen molar-refractivity contribution in [3.63, 3.8) is 0 Å². The fraction of sp³-hybridized carbons (Fsp3) is 1.00. The van der Waals surface area contributed by atoms with Crippen LogP contribution >= 0.6 is 0 Å². The van der Waals surface area contributed by atoms with Crippen LogP contribution in [0.2, 0.25) is 0 Å². The largest absolute Gasteiger partial charge is 0.377 e. The molecule has 1 N–H and O–H groups in total. The quantitative estimate of drug-likeness (QED) is 0.702. The standard InChI is InChI=1S/C12H23NO/c1-2-4-7-11(6-3-1)13-10-12-8-5-9-14-12/h11-13H,1-10H2. The van der Waals surface area contributed by atoms with E-state index in [-0.39, 0.29) is 0 Å². The molecular formula is C12H23NO. The van der Waals surface area contributed by atoms with Gasteiger partial charge in [0, 0.05) is 19.2 Å². The minimum Gasteiger partial charge on any atom is -0.377 e. The lowest BCUT2D eigenvalue weighted by atomic mass is 10.1. The second-order valence-corrected chi connectivity index (χ2v) is 4.73. The highest BCUT2D eigenvalue weighted by Crippen LogP contribution is 2.18. The maximum absolute atomic E-state index is 5.61. The van der Waals surface area contributed by atoms with Crippen LogP contribution in [-0.2, 0) is 4.74 Å². The second-order valence-electron chi connectivity index (χ2n) is 4.73. The van der Waals surface area contributed by atoms with E-state index in [1.54, 1.807) is 0 Å². The first kappa shape index (κ1) is 10.4. The Morgan fingerprint density at radius 1 is 0.929 bits per heavy atom. The Kier molecular flexibility index (Phi) is 4.26. The molecule has 2 rings (SSSR count). The van der Waals surface area contributed by atoms with Gasteiger partial charge in [-0.1, -0.05) is 25.7 Å². The van der Waals surface area contributed by atoms with E-state index in [0.717, 1.165) is 19.2 Å². The molecule has 0 aromatic carbocycles. The molecule has 1 atom stereocenters. The molecule has 0 radical (unpaired) electrons. The van der Waals surface area contributed by atoms with Gasteiger partial charge in [0.2, 0.25) is 0 Å². The van der Waals surface area contributed by atoms with Gasteiger partial charge in [-0.3, -0.25) is 0 Å². The molecule has 2 nitrogen and oxygen atoms in total. The zero-order valence-electron chi connectivity index (χ0n) is 9.13. The van der Waals surface area contributed by atoms with Crippen molar-refractivity contribution in [1.29, 1.82) is 0 Å². The first-order valence-electron chi connectivity index (χ1n) is 6.30. The van der Waals surface area contributed by atoms with Gasteiger partial charge in [-0.2, -0.15) is 0 Å². The molecule has 1 aliphatic carbocycles. The van der Waals surface area contributed by atoms with Crippen molar-refractivity contribution >= 4 is 0 Å². The Morgan fingerprint density at radius 2 is 1.71 bits per heavy atom. The van der Waals surface area contributed by atoms with Crippen molar-refractivity contribution < 1.29 is 4.74 Å². The lowest BCUT2D eigenvalue weighted by Gasteiger charge is -2.18. The van der Waals surface area contributed by atoms with Crippen molar-refractivity contribution in [3.05, 3.63) is 0 Å². The van der Waals surface area contributed by atoms with E-state index in [1.807, 2.05) is 0 Å². The summed E-state index contributed by atoms with van der Waals surface area (Å²) in [5.41, 5.74) is 0. The highest BCUT2D eigenvalue weighted by atomic mass is 16.5. The summed E-state index contributed by atoms with van der Waals surface area (Å²) >= 11 is 0. The van der Waals surface area contributed by atoms with Crippen LogP contribution in [0.25, 0.3) is 0 Å². The molecule has 1 heterocycles. The highest BCUT2D eigenvalue weighted by molar-refractivity contribution is 4.74. The van der Waals surface area contributed by atoms with Crippen LogP contribution in [0, 0.1) is 0 Å². The number of hydrogen-bond acceptors (Lipinski definition) is 2. The van der Waals surface area contributed by atoms with Crippen LogP contribution in [0.4, 0.5) is 0 Å². The molecule has 1 unspecified atom stereocenters. The summed E-state index contributed by atoms with van der Waals surface area (Å²) in [6.07, 6.45) is 11.5. The number of ether oxygens (including phenoxy) is 1. The maximum Gasteiger partial charge on any atom is 0.0700 e. The zero-order chi connectivity index (χ0) is 9.64. The van der Waals surface area contributed by atoms with E-state index in [4.69, 9.17) is 4.74 Å². The minimum absolute atomic E-state index is 0.512. The minimum atomic E-state index is 0.512. The van der Waals surface area contributed by atoms with Gasteiger partial charge in [0.15, 0.2) is 0 Å². The van der Waals surface area contributed by atoms with Gasteiger partial charge in [-0.05, 0) is 25.7 Å². The molecule has 0 spiro atoms. The van der Waals surface area contributed by atoms with Crippen molar-refractivity contribution in [1.82, 2.24) is 5.32 Å². The third kappa shape index (κ3) is 3.25. The molecule has 82 valence electrons. The van der Waals surface area contributed by atoms with Crippen LogP contribution in [0.15, 0.2) is 0 Å². The lowest BCUT2D eigenvalue weighted by Crippen LogP contribution is -2.35. The van der Waals surface area contributed by atoms with Crippen LogP contribution in [0.1, 0.15) is 51.4 Å². The number of rotatable bonds is 3. The summed E-state index contributed by atoms with van der Waals surface area (Å²) in [7, 11) is 0. The van der Waals surface area contributed by atoms with Gasteiger partial charge in [0.1, 0.15) is 0 Å². The lowest BCUT2D eigenvalue weighted by molar-refractivity contribution is 0.107. The van der Waals surface area contributed by atoms with Crippen LogP contribution in [-0.4, -0.2) is 25.3 Å². The molecule has 0 aromatic rings. The van der Waals surface area contributed by atoms with E-state index in [2.05, 4.69) is 5.32 Å². The molecule has 0 amide bonds. The third-order valence-corrected chi connectivity index (χ3v) is 3.51. The molecule has 2 heteroatoms. The third-order valence-electron chi connectivity index (χ3n) is 3.51. The van der Waals surface area contributed by atoms with E-state index >= 15 is 0 Å². The van der Waals surface area contributed by atoms with Crippen molar-refractivity contribution in [2.45, 2.75) is 63.5 Å². The molecular weight excluding hydrogens is 174 g/mol. The summed E-state index contributed by atoms with van der Waals surface area (Å²) in [6, 6.07) is 0.779. The predicted molar refractivity (Wildman–Crippen MR) is 58.5 cm³/mol. The summed E-state index contributed by atoms with van der Waals surface area (Å²) in [6.45, 7) is 2.07. The SMILES string of the molecule is C1CCCC(NCC2CCCO2)CC1. The molecule has 0 bridgehead atoms. The maximum atomic E-state index is 5.61. The van der Waals surface area contributed by atoms with Crippen molar-refractivity contribution in [3.8, 4) is 0 Å². The summed E-state index contributed by atoms with van der Waals surface area (Å²) < 4.78 is 5.61. The molecule has 2 fully saturated rings. The van der Waals surface area contributed by atoms with E-state index in [9.17, 15) is 0 Å². The zero-order valence-corrected chi connectivity index (χ0v) is 9.13. The van der Waals surface area contributed by atoms with Crippen LogP contribution in [0.5, 0.6) is 0 Å². The number of hydrogen-bond donors (Lipinski definition) is 1. The normalized spacial score (nSPS) is 30.4. The predicted octanol–water partition coefficient (Wildman–Crippen LogP) is 2.48. The molecule has 14 heavy (non-hydrogen) atoms. The molecule has 2 aliphatic rings. The van der Waals surface area contributed by atoms with E-state index < -0.39 is 0 Å². The smallest absolute Gasteiger partial charge is 0.0700 e. The fourth-order valence-electron chi connectivity index (χ4n) is 2.59. The first-order chi connectivity index (χ1) is 6.95. The van der Waals surface area contributed by atoms with Crippen molar-refractivity contribution in [2.75, 3.05) is 13.2 Å². The molecule has 0 aromatic heterocycles. The van der Waals surface area contributed by atoms with Gasteiger partial charge in [0.05, 0.1) is 6.10 Å². The molecule has 1 saturated heterocycles. The molecule has 1 saturated carbocycles. The van der Waals surface area contributed by atoms with Gasteiger partial charge in [-0.15, -0.1) is 0 Å². The Balaban J connectivity index is 1.62. The fourth-order valence-corrected chi connectivity index (χ4v) is 2.59. The van der Waals surface area contributed by atoms with E-state index in [1.165, 1.54) is 51.4 Å². The Bertz CT molecular complexity index is 146. The Morgan fingerprint density at radius 3 is 2.36 bits per heavy atom. The average Bonchev–Trinajstić information content (AvgIpc) is 2.58. The topological polar surface area (TPSA) is 21.3 Å². The monoisotopic (exact) mass is 197 g/mol. The second kappa shape index (κ2) is 5.72. The van der Waals surface area contributed by atoms with Gasteiger partial charge in [-0.25, -0.2) is 0 Å². The average molecular weight is 197 g/mol. The van der Waals surface area contributed by atoms with Crippen LogP contribution < -0.4 is 5.32 Å². The van der Waals surface area contributed by atoms with Crippen molar-refractivity contribution in [2.24, 2.45) is 0 Å². The first-order valence-corrected chi connectivity index (χ1v) is 6.30. The van der Waals surface area contributed by atoms with Gasteiger partial charge < -0.3 is 10.1 Å². The summed E-state index contributed by atoms with van der Waals surface area (Å²) in [5, 5.41) is 3.68. The summed E-state index contributed by atoms with van der Waals surface area (Å²) in [5.74, 6) is 0. The van der Waals surface area contributed by atoms with Gasteiger partial charge >= 0.3 is 0 Å². The van der Waals surface area contributed by atoms with Gasteiger partial charge in [0.25, 0.3) is 0 Å². The molecule has 1 aliphatic heterocycles. The Hall–Kier alpha value is -0.0800.